The summed E-state index contributed by atoms with van der Waals surface area (Å²) in [6.45, 7) is 6.07. The molecular formula is C15H23N5O. The molecular weight excluding hydrogens is 266 g/mol. The number of carbonyl (C=O) groups excluding carboxylic acids is 1. The third-order valence-electron chi connectivity index (χ3n) is 4.32. The molecule has 0 aromatic carbocycles. The molecule has 1 aromatic rings. The normalized spacial score (nSPS) is 23.2. The predicted octanol–water partition coefficient (Wildman–Crippen LogP) is 0.960. The van der Waals surface area contributed by atoms with Crippen molar-refractivity contribution in [2.75, 3.05) is 37.6 Å². The van der Waals surface area contributed by atoms with Crippen LogP contribution in [0.15, 0.2) is 12.4 Å². The van der Waals surface area contributed by atoms with Gasteiger partial charge in [-0.05, 0) is 25.8 Å². The van der Waals surface area contributed by atoms with Crippen molar-refractivity contribution < 1.29 is 4.79 Å². The Labute approximate surface area is 125 Å². The monoisotopic (exact) mass is 289 g/mol. The molecule has 0 saturated carbocycles. The second kappa shape index (κ2) is 6.39. The van der Waals surface area contributed by atoms with Gasteiger partial charge in [-0.3, -0.25) is 9.78 Å². The minimum Gasteiger partial charge on any atom is -0.353 e. The number of amides is 1. The van der Waals surface area contributed by atoms with Crippen molar-refractivity contribution >= 4 is 11.7 Å². The average molecular weight is 289 g/mol. The van der Waals surface area contributed by atoms with Gasteiger partial charge < -0.3 is 15.1 Å². The summed E-state index contributed by atoms with van der Waals surface area (Å²) in [5.41, 5.74) is 1.04. The highest BCUT2D eigenvalue weighted by Gasteiger charge is 2.21. The smallest absolute Gasteiger partial charge is 0.219 e. The lowest BCUT2D eigenvalue weighted by Gasteiger charge is -2.23. The van der Waals surface area contributed by atoms with Gasteiger partial charge in [0.1, 0.15) is 5.82 Å². The molecule has 1 amide bonds. The number of nitrogens with one attached hydrogen (secondary N) is 1. The number of hydrogen-bond acceptors (Lipinski definition) is 5. The van der Waals surface area contributed by atoms with E-state index in [4.69, 9.17) is 4.98 Å². The quantitative estimate of drug-likeness (QED) is 0.878. The molecule has 1 aromatic heterocycles. The van der Waals surface area contributed by atoms with E-state index >= 15 is 0 Å². The Kier molecular flexibility index (Phi) is 4.34. The molecule has 2 aliphatic rings. The Hall–Kier alpha value is -1.69. The highest BCUT2D eigenvalue weighted by atomic mass is 16.2. The van der Waals surface area contributed by atoms with Crippen LogP contribution in [0.2, 0.25) is 0 Å². The highest BCUT2D eigenvalue weighted by molar-refractivity contribution is 5.73. The number of anilines is 1. The molecule has 2 saturated heterocycles. The topological polar surface area (TPSA) is 61.4 Å². The summed E-state index contributed by atoms with van der Waals surface area (Å²) in [7, 11) is 0. The molecule has 3 heterocycles. The molecule has 0 radical (unpaired) electrons. The summed E-state index contributed by atoms with van der Waals surface area (Å²) in [5.74, 6) is 1.10. The molecule has 3 rings (SSSR count). The second-order valence-corrected chi connectivity index (χ2v) is 5.80. The lowest BCUT2D eigenvalue weighted by Crippen LogP contribution is -2.34. The van der Waals surface area contributed by atoms with Crippen molar-refractivity contribution in [1.82, 2.24) is 20.2 Å². The van der Waals surface area contributed by atoms with E-state index < -0.39 is 0 Å². The summed E-state index contributed by atoms with van der Waals surface area (Å²) in [6, 6.07) is 0.346. The van der Waals surface area contributed by atoms with E-state index in [0.29, 0.717) is 6.04 Å². The Morgan fingerprint density at radius 3 is 2.90 bits per heavy atom. The van der Waals surface area contributed by atoms with Gasteiger partial charge in [0.2, 0.25) is 5.91 Å². The van der Waals surface area contributed by atoms with Gasteiger partial charge in [0, 0.05) is 33.1 Å². The van der Waals surface area contributed by atoms with Crippen LogP contribution in [0.1, 0.15) is 37.9 Å². The maximum atomic E-state index is 11.5. The maximum Gasteiger partial charge on any atom is 0.219 e. The number of nitrogens with zero attached hydrogens (tertiary/aromatic N) is 4. The van der Waals surface area contributed by atoms with Crippen molar-refractivity contribution in [2.45, 2.75) is 32.2 Å². The molecule has 1 unspecified atom stereocenters. The van der Waals surface area contributed by atoms with Crippen LogP contribution < -0.4 is 10.2 Å². The van der Waals surface area contributed by atoms with Gasteiger partial charge in [0.15, 0.2) is 0 Å². The Balaban J connectivity index is 1.71. The van der Waals surface area contributed by atoms with Gasteiger partial charge in [-0.1, -0.05) is 0 Å². The average Bonchev–Trinajstić information content (AvgIpc) is 2.91. The SMILES string of the molecule is CC(=O)N1CCCN(c2cncc(C3CCCN3)n2)CC1. The van der Waals surface area contributed by atoms with Gasteiger partial charge in [-0.25, -0.2) is 4.98 Å². The van der Waals surface area contributed by atoms with Crippen molar-refractivity contribution in [1.29, 1.82) is 0 Å². The van der Waals surface area contributed by atoms with Gasteiger partial charge >= 0.3 is 0 Å². The fourth-order valence-corrected chi connectivity index (χ4v) is 3.09. The summed E-state index contributed by atoms with van der Waals surface area (Å²) in [4.78, 5) is 24.8. The van der Waals surface area contributed by atoms with E-state index in [-0.39, 0.29) is 5.91 Å². The zero-order chi connectivity index (χ0) is 14.7. The molecule has 6 heteroatoms. The summed E-state index contributed by atoms with van der Waals surface area (Å²) in [5, 5.41) is 3.46. The first kappa shape index (κ1) is 14.3. The molecule has 0 spiro atoms. The standard InChI is InChI=1S/C15H23N5O/c1-12(21)19-6-3-7-20(9-8-19)15-11-16-10-14(18-15)13-4-2-5-17-13/h10-11,13,17H,2-9H2,1H3. The summed E-state index contributed by atoms with van der Waals surface area (Å²) < 4.78 is 0. The van der Waals surface area contributed by atoms with Crippen LogP contribution in [0, 0.1) is 0 Å². The van der Waals surface area contributed by atoms with Crippen LogP contribution >= 0.6 is 0 Å². The lowest BCUT2D eigenvalue weighted by molar-refractivity contribution is -0.128. The fourth-order valence-electron chi connectivity index (χ4n) is 3.09. The molecule has 0 aliphatic carbocycles. The Morgan fingerprint density at radius 2 is 2.14 bits per heavy atom. The molecule has 1 atom stereocenters. The number of hydrogen-bond donors (Lipinski definition) is 1. The van der Waals surface area contributed by atoms with Crippen LogP contribution in [-0.4, -0.2) is 53.5 Å². The van der Waals surface area contributed by atoms with Crippen LogP contribution in [0.3, 0.4) is 0 Å². The molecule has 21 heavy (non-hydrogen) atoms. The van der Waals surface area contributed by atoms with E-state index in [1.54, 1.807) is 6.92 Å². The van der Waals surface area contributed by atoms with Crippen molar-refractivity contribution in [2.24, 2.45) is 0 Å². The van der Waals surface area contributed by atoms with E-state index in [1.807, 2.05) is 17.3 Å². The molecule has 2 aliphatic heterocycles. The second-order valence-electron chi connectivity index (χ2n) is 5.80. The zero-order valence-corrected chi connectivity index (χ0v) is 12.6. The van der Waals surface area contributed by atoms with Gasteiger partial charge in [0.25, 0.3) is 0 Å². The number of carbonyl (C=O) groups is 1. The predicted molar refractivity (Wildman–Crippen MR) is 81.1 cm³/mol. The maximum absolute atomic E-state index is 11.5. The van der Waals surface area contributed by atoms with Crippen molar-refractivity contribution in [3.05, 3.63) is 18.1 Å². The minimum absolute atomic E-state index is 0.159. The van der Waals surface area contributed by atoms with E-state index in [9.17, 15) is 4.79 Å². The Bertz CT molecular complexity index is 501. The first-order valence-electron chi connectivity index (χ1n) is 7.80. The van der Waals surface area contributed by atoms with E-state index in [0.717, 1.165) is 57.1 Å². The lowest BCUT2D eigenvalue weighted by atomic mass is 10.2. The number of rotatable bonds is 2. The van der Waals surface area contributed by atoms with Gasteiger partial charge in [0.05, 0.1) is 24.1 Å². The van der Waals surface area contributed by atoms with Gasteiger partial charge in [-0.2, -0.15) is 0 Å². The largest absolute Gasteiger partial charge is 0.353 e. The van der Waals surface area contributed by atoms with Gasteiger partial charge in [-0.15, -0.1) is 0 Å². The van der Waals surface area contributed by atoms with E-state index in [2.05, 4.69) is 15.2 Å². The fraction of sp³-hybridized carbons (Fsp3) is 0.667. The Morgan fingerprint density at radius 1 is 1.24 bits per heavy atom. The van der Waals surface area contributed by atoms with Crippen LogP contribution in [-0.2, 0) is 4.79 Å². The first-order chi connectivity index (χ1) is 10.2. The number of aromatic nitrogens is 2. The molecule has 0 bridgehead atoms. The highest BCUT2D eigenvalue weighted by Crippen LogP contribution is 2.22. The molecule has 2 fully saturated rings. The first-order valence-corrected chi connectivity index (χ1v) is 7.80. The molecule has 1 N–H and O–H groups in total. The third kappa shape index (κ3) is 3.32. The molecule has 6 nitrogen and oxygen atoms in total. The molecule has 114 valence electrons. The third-order valence-corrected chi connectivity index (χ3v) is 4.32. The van der Waals surface area contributed by atoms with Crippen LogP contribution in [0.4, 0.5) is 5.82 Å². The minimum atomic E-state index is 0.159. The van der Waals surface area contributed by atoms with E-state index in [1.165, 1.54) is 6.42 Å². The van der Waals surface area contributed by atoms with Crippen LogP contribution in [0.25, 0.3) is 0 Å². The van der Waals surface area contributed by atoms with Crippen molar-refractivity contribution in [3.8, 4) is 0 Å². The zero-order valence-electron chi connectivity index (χ0n) is 12.6. The van der Waals surface area contributed by atoms with Crippen LogP contribution in [0.5, 0.6) is 0 Å². The van der Waals surface area contributed by atoms with Crippen molar-refractivity contribution in [3.63, 3.8) is 0 Å². The summed E-state index contributed by atoms with van der Waals surface area (Å²) in [6.07, 6.45) is 7.02. The summed E-state index contributed by atoms with van der Waals surface area (Å²) >= 11 is 0.